The van der Waals surface area contributed by atoms with E-state index < -0.39 is 12.9 Å². The summed E-state index contributed by atoms with van der Waals surface area (Å²) in [5.41, 5.74) is 0. The van der Waals surface area contributed by atoms with E-state index in [9.17, 15) is 9.59 Å². The van der Waals surface area contributed by atoms with Crippen molar-refractivity contribution in [2.45, 2.75) is 19.8 Å². The van der Waals surface area contributed by atoms with Gasteiger partial charge < -0.3 is 14.2 Å². The summed E-state index contributed by atoms with van der Waals surface area (Å²) >= 11 is 0. The lowest BCUT2D eigenvalue weighted by atomic mass is 10.4. The monoisotopic (exact) mass is 175 g/mol. The third kappa shape index (κ3) is 6.85. The fourth-order valence-corrected chi connectivity index (χ4v) is 0.443. The molecule has 0 heterocycles. The van der Waals surface area contributed by atoms with Gasteiger partial charge in [-0.1, -0.05) is 13.3 Å². The van der Waals surface area contributed by atoms with Crippen LogP contribution in [0.15, 0.2) is 0 Å². The molecule has 0 aliphatic heterocycles. The lowest BCUT2D eigenvalue weighted by Crippen LogP contribution is -2.10. The zero-order chi connectivity index (χ0) is 9.23. The van der Waals surface area contributed by atoms with Gasteiger partial charge in [-0.3, -0.25) is 0 Å². The Hall–Kier alpha value is -1.26. The molecule has 12 heavy (non-hydrogen) atoms. The number of hydrogen-bond donors (Lipinski definition) is 0. The molecular weight excluding hydrogens is 164 g/mol. The van der Waals surface area contributed by atoms with Crippen LogP contribution in [0.1, 0.15) is 19.8 Å². The number of unbranched alkanes of at least 4 members (excludes halogenated alkanes) is 1. The molecule has 0 rings (SSSR count). The zero-order valence-corrected chi connectivity index (χ0v) is 6.87. The van der Waals surface area contributed by atoms with Crippen molar-refractivity contribution in [3.63, 3.8) is 0 Å². The molecule has 0 bridgehead atoms. The summed E-state index contributed by atoms with van der Waals surface area (Å²) in [6.07, 6.45) is 0.889. The van der Waals surface area contributed by atoms with E-state index in [4.69, 9.17) is 0 Å². The Kier molecular flexibility index (Phi) is 7.02. The van der Waals surface area contributed by atoms with Gasteiger partial charge >= 0.3 is 12.6 Å². The second kappa shape index (κ2) is 7.84. The third-order valence-electron chi connectivity index (χ3n) is 1.01. The molecule has 0 fully saturated rings. The first-order valence-electron chi connectivity index (χ1n) is 3.59. The number of hydrogen-bond acceptors (Lipinski definition) is 5. The third-order valence-corrected chi connectivity index (χ3v) is 1.01. The van der Waals surface area contributed by atoms with Gasteiger partial charge in [0, 0.05) is 0 Å². The Bertz CT molecular complexity index is 134. The first-order chi connectivity index (χ1) is 5.81. The SMILES string of the molecule is CCCCOC(=O)OCO[C]=O. The van der Waals surface area contributed by atoms with Gasteiger partial charge in [0.05, 0.1) is 6.61 Å². The van der Waals surface area contributed by atoms with Crippen molar-refractivity contribution in [3.05, 3.63) is 0 Å². The van der Waals surface area contributed by atoms with Crippen LogP contribution in [0.4, 0.5) is 4.79 Å². The highest BCUT2D eigenvalue weighted by Crippen LogP contribution is 1.91. The zero-order valence-electron chi connectivity index (χ0n) is 6.87. The number of carbonyl (C=O) groups excluding carboxylic acids is 2. The lowest BCUT2D eigenvalue weighted by molar-refractivity contribution is -0.00129. The Morgan fingerprint density at radius 1 is 1.42 bits per heavy atom. The van der Waals surface area contributed by atoms with Crippen LogP contribution >= 0.6 is 0 Å². The molecule has 5 nitrogen and oxygen atoms in total. The largest absolute Gasteiger partial charge is 0.511 e. The van der Waals surface area contributed by atoms with E-state index >= 15 is 0 Å². The average molecular weight is 175 g/mol. The van der Waals surface area contributed by atoms with Crippen LogP contribution in [0.2, 0.25) is 0 Å². The fraction of sp³-hybridized carbons (Fsp3) is 0.714. The van der Waals surface area contributed by atoms with E-state index in [2.05, 4.69) is 14.2 Å². The molecule has 0 atom stereocenters. The van der Waals surface area contributed by atoms with Crippen molar-refractivity contribution in [1.82, 2.24) is 0 Å². The maximum absolute atomic E-state index is 10.5. The standard InChI is InChI=1S/C7H11O5/c1-2-3-4-11-7(9)12-6-10-5-8/h2-4,6H2,1H3. The minimum absolute atomic E-state index is 0.320. The van der Waals surface area contributed by atoms with E-state index in [1.54, 1.807) is 0 Å². The molecule has 0 saturated carbocycles. The average Bonchev–Trinajstić information content (AvgIpc) is 2.06. The first-order valence-corrected chi connectivity index (χ1v) is 3.59. The number of carbonyl (C=O) groups is 1. The smallest absolute Gasteiger partial charge is 0.434 e. The van der Waals surface area contributed by atoms with Gasteiger partial charge in [0.1, 0.15) is 0 Å². The van der Waals surface area contributed by atoms with Gasteiger partial charge in [0.15, 0.2) is 0 Å². The minimum Gasteiger partial charge on any atom is -0.434 e. The van der Waals surface area contributed by atoms with Gasteiger partial charge in [-0.15, -0.1) is 0 Å². The van der Waals surface area contributed by atoms with Crippen molar-refractivity contribution in [2.24, 2.45) is 0 Å². The number of ether oxygens (including phenoxy) is 3. The maximum Gasteiger partial charge on any atom is 0.511 e. The molecule has 0 aliphatic rings. The number of rotatable bonds is 6. The Labute approximate surface area is 70.6 Å². The van der Waals surface area contributed by atoms with Crippen LogP contribution in [0.5, 0.6) is 0 Å². The fourth-order valence-electron chi connectivity index (χ4n) is 0.443. The van der Waals surface area contributed by atoms with Crippen LogP contribution in [-0.2, 0) is 19.0 Å². The van der Waals surface area contributed by atoms with Gasteiger partial charge in [0.2, 0.25) is 6.79 Å². The molecule has 0 spiro atoms. The van der Waals surface area contributed by atoms with Crippen molar-refractivity contribution >= 4 is 12.6 Å². The molecule has 5 heteroatoms. The molecule has 1 radical (unpaired) electrons. The predicted molar refractivity (Wildman–Crippen MR) is 39.0 cm³/mol. The van der Waals surface area contributed by atoms with Crippen molar-refractivity contribution < 1.29 is 23.8 Å². The van der Waals surface area contributed by atoms with Gasteiger partial charge in [-0.2, -0.15) is 0 Å². The topological polar surface area (TPSA) is 61.8 Å². The highest BCUT2D eigenvalue weighted by molar-refractivity contribution is 5.59. The lowest BCUT2D eigenvalue weighted by Gasteiger charge is -2.02. The van der Waals surface area contributed by atoms with Crippen LogP contribution < -0.4 is 0 Å². The second-order valence-corrected chi connectivity index (χ2v) is 1.94. The summed E-state index contributed by atoms with van der Waals surface area (Å²) in [5, 5.41) is 0. The molecular formula is C7H11O5. The van der Waals surface area contributed by atoms with E-state index in [0.29, 0.717) is 6.61 Å². The summed E-state index contributed by atoms with van der Waals surface area (Å²) in [4.78, 5) is 20.0. The Morgan fingerprint density at radius 3 is 2.75 bits per heavy atom. The van der Waals surface area contributed by atoms with Crippen molar-refractivity contribution in [3.8, 4) is 0 Å². The van der Waals surface area contributed by atoms with E-state index in [1.807, 2.05) is 6.92 Å². The first kappa shape index (κ1) is 10.7. The van der Waals surface area contributed by atoms with E-state index in [-0.39, 0.29) is 0 Å². The summed E-state index contributed by atoms with van der Waals surface area (Å²) in [6.45, 7) is 2.95. The quantitative estimate of drug-likeness (QED) is 0.342. The van der Waals surface area contributed by atoms with E-state index in [1.165, 1.54) is 0 Å². The molecule has 0 aromatic carbocycles. The Balaban J connectivity index is 3.15. The maximum atomic E-state index is 10.5. The normalized spacial score (nSPS) is 8.75. The van der Waals surface area contributed by atoms with Crippen LogP contribution in [0, 0.1) is 0 Å². The highest BCUT2D eigenvalue weighted by atomic mass is 16.8. The molecule has 0 aromatic heterocycles. The van der Waals surface area contributed by atoms with Crippen molar-refractivity contribution in [1.29, 1.82) is 0 Å². The molecule has 0 unspecified atom stereocenters. The molecule has 0 saturated heterocycles. The summed E-state index contributed by atoms with van der Waals surface area (Å²) < 4.78 is 12.8. The molecule has 69 valence electrons. The van der Waals surface area contributed by atoms with E-state index in [0.717, 1.165) is 19.3 Å². The van der Waals surface area contributed by atoms with Crippen LogP contribution in [0.3, 0.4) is 0 Å². The van der Waals surface area contributed by atoms with Crippen LogP contribution in [-0.4, -0.2) is 26.0 Å². The summed E-state index contributed by atoms with van der Waals surface area (Å²) in [7, 11) is 0. The molecule has 0 aromatic rings. The highest BCUT2D eigenvalue weighted by Gasteiger charge is 2.01. The molecule has 0 aliphatic carbocycles. The predicted octanol–water partition coefficient (Wildman–Crippen LogP) is 0.981. The summed E-state index contributed by atoms with van der Waals surface area (Å²) in [6, 6.07) is 0. The molecule has 0 amide bonds. The second-order valence-electron chi connectivity index (χ2n) is 1.94. The van der Waals surface area contributed by atoms with Gasteiger partial charge in [-0.25, -0.2) is 9.59 Å². The van der Waals surface area contributed by atoms with Crippen LogP contribution in [0.25, 0.3) is 0 Å². The van der Waals surface area contributed by atoms with Gasteiger partial charge in [0.25, 0.3) is 0 Å². The molecule has 0 N–H and O–H groups in total. The minimum atomic E-state index is -0.835. The Morgan fingerprint density at radius 2 is 2.17 bits per heavy atom. The van der Waals surface area contributed by atoms with Gasteiger partial charge in [-0.05, 0) is 6.42 Å². The summed E-state index contributed by atoms with van der Waals surface area (Å²) in [5.74, 6) is 0. The van der Waals surface area contributed by atoms with Crippen molar-refractivity contribution in [2.75, 3.05) is 13.4 Å².